The molecule has 0 saturated carbocycles. The molecule has 1 heterocycles. The molecule has 2 unspecified atom stereocenters. The number of hydrogen-bond donors (Lipinski definition) is 0. The summed E-state index contributed by atoms with van der Waals surface area (Å²) in [7, 11) is 1.36. The van der Waals surface area contributed by atoms with Crippen LogP contribution in [-0.4, -0.2) is 19.2 Å². The van der Waals surface area contributed by atoms with Crippen molar-refractivity contribution in [2.45, 2.75) is 18.6 Å². The molecular formula is C17H16O4. The van der Waals surface area contributed by atoms with Crippen LogP contribution in [0.15, 0.2) is 54.6 Å². The second kappa shape index (κ2) is 5.22. The van der Waals surface area contributed by atoms with Crippen LogP contribution in [0, 0.1) is 0 Å². The lowest BCUT2D eigenvalue weighted by Gasteiger charge is -2.10. The summed E-state index contributed by atoms with van der Waals surface area (Å²) in [6.07, 6.45) is -0.547. The van der Waals surface area contributed by atoms with Gasteiger partial charge in [-0.15, -0.1) is 0 Å². The summed E-state index contributed by atoms with van der Waals surface area (Å²) >= 11 is 0. The highest BCUT2D eigenvalue weighted by molar-refractivity contribution is 5.79. The molecule has 2 aromatic rings. The van der Waals surface area contributed by atoms with Gasteiger partial charge >= 0.3 is 5.97 Å². The minimum Gasteiger partial charge on any atom is -0.467 e. The van der Waals surface area contributed by atoms with Crippen LogP contribution in [0.3, 0.4) is 0 Å². The van der Waals surface area contributed by atoms with Gasteiger partial charge < -0.3 is 14.2 Å². The van der Waals surface area contributed by atoms with Crippen molar-refractivity contribution in [3.05, 3.63) is 60.2 Å². The average molecular weight is 284 g/mol. The number of esters is 1. The molecule has 1 aliphatic heterocycles. The molecule has 0 amide bonds. The van der Waals surface area contributed by atoms with Crippen molar-refractivity contribution < 1.29 is 19.0 Å². The van der Waals surface area contributed by atoms with Crippen molar-refractivity contribution >= 4 is 5.97 Å². The number of carbonyl (C=O) groups excluding carboxylic acids is 1. The molecule has 21 heavy (non-hydrogen) atoms. The van der Waals surface area contributed by atoms with E-state index in [4.69, 9.17) is 14.2 Å². The SMILES string of the molecule is COC(=O)C1OC1(C)c1cccc(Oc2ccccc2)c1. The molecule has 0 bridgehead atoms. The number of ether oxygens (including phenoxy) is 3. The molecule has 1 fully saturated rings. The largest absolute Gasteiger partial charge is 0.467 e. The second-order valence-corrected chi connectivity index (χ2v) is 5.07. The molecule has 4 nitrogen and oxygen atoms in total. The zero-order chi connectivity index (χ0) is 14.9. The highest BCUT2D eigenvalue weighted by Crippen LogP contribution is 2.47. The Morgan fingerprint density at radius 3 is 2.52 bits per heavy atom. The number of epoxide rings is 1. The topological polar surface area (TPSA) is 48.1 Å². The molecule has 0 aliphatic carbocycles. The standard InChI is InChI=1S/C17H16O4/c1-17(15(21-17)16(18)19-2)12-7-6-10-14(11-12)20-13-8-4-3-5-9-13/h3-11,15H,1-2H3. The number of benzene rings is 2. The van der Waals surface area contributed by atoms with Gasteiger partial charge in [0.2, 0.25) is 0 Å². The first-order valence-corrected chi connectivity index (χ1v) is 6.72. The van der Waals surface area contributed by atoms with E-state index in [-0.39, 0.29) is 5.97 Å². The first-order chi connectivity index (χ1) is 10.1. The van der Waals surface area contributed by atoms with Gasteiger partial charge in [0.1, 0.15) is 17.1 Å². The number of methoxy groups -OCH3 is 1. The fourth-order valence-corrected chi connectivity index (χ4v) is 2.30. The Balaban J connectivity index is 1.80. The summed E-state index contributed by atoms with van der Waals surface area (Å²) < 4.78 is 16.0. The predicted molar refractivity (Wildman–Crippen MR) is 77.2 cm³/mol. The lowest BCUT2D eigenvalue weighted by atomic mass is 9.97. The van der Waals surface area contributed by atoms with Crippen LogP contribution in [0.1, 0.15) is 12.5 Å². The van der Waals surface area contributed by atoms with Gasteiger partial charge in [-0.25, -0.2) is 4.79 Å². The number of hydrogen-bond acceptors (Lipinski definition) is 4. The average Bonchev–Trinajstić information content (AvgIpc) is 3.21. The zero-order valence-electron chi connectivity index (χ0n) is 11.9. The van der Waals surface area contributed by atoms with Crippen molar-refractivity contribution in [1.29, 1.82) is 0 Å². The molecule has 1 saturated heterocycles. The molecule has 0 spiro atoms. The smallest absolute Gasteiger partial charge is 0.338 e. The van der Waals surface area contributed by atoms with E-state index in [0.29, 0.717) is 5.75 Å². The third-order valence-corrected chi connectivity index (χ3v) is 3.61. The third kappa shape index (κ3) is 2.62. The van der Waals surface area contributed by atoms with Crippen LogP contribution in [0.5, 0.6) is 11.5 Å². The van der Waals surface area contributed by atoms with Gasteiger partial charge in [0.25, 0.3) is 0 Å². The number of para-hydroxylation sites is 1. The van der Waals surface area contributed by atoms with Crippen LogP contribution in [0.2, 0.25) is 0 Å². The Labute approximate surface area is 123 Å². The van der Waals surface area contributed by atoms with Crippen LogP contribution in [0.25, 0.3) is 0 Å². The van der Waals surface area contributed by atoms with Crippen LogP contribution >= 0.6 is 0 Å². The number of carbonyl (C=O) groups is 1. The zero-order valence-corrected chi connectivity index (χ0v) is 11.9. The lowest BCUT2D eigenvalue weighted by molar-refractivity contribution is -0.142. The van der Waals surface area contributed by atoms with Gasteiger partial charge in [0.05, 0.1) is 7.11 Å². The fraction of sp³-hybridized carbons (Fsp3) is 0.235. The molecule has 0 aromatic heterocycles. The minimum atomic E-state index is -0.636. The fourth-order valence-electron chi connectivity index (χ4n) is 2.30. The minimum absolute atomic E-state index is 0.355. The Morgan fingerprint density at radius 2 is 1.81 bits per heavy atom. The van der Waals surface area contributed by atoms with E-state index in [1.165, 1.54) is 7.11 Å². The van der Waals surface area contributed by atoms with E-state index in [0.717, 1.165) is 11.3 Å². The normalized spacial score (nSPS) is 23.4. The highest BCUT2D eigenvalue weighted by Gasteiger charge is 2.59. The van der Waals surface area contributed by atoms with E-state index in [1.807, 2.05) is 61.5 Å². The second-order valence-electron chi connectivity index (χ2n) is 5.07. The van der Waals surface area contributed by atoms with Crippen molar-refractivity contribution in [1.82, 2.24) is 0 Å². The maximum absolute atomic E-state index is 11.6. The molecule has 108 valence electrons. The Kier molecular flexibility index (Phi) is 3.39. The van der Waals surface area contributed by atoms with Gasteiger partial charge in [-0.05, 0) is 36.8 Å². The molecule has 2 atom stereocenters. The van der Waals surface area contributed by atoms with Crippen molar-refractivity contribution in [2.24, 2.45) is 0 Å². The third-order valence-electron chi connectivity index (χ3n) is 3.61. The molecule has 3 rings (SSSR count). The van der Waals surface area contributed by atoms with Gasteiger partial charge in [-0.2, -0.15) is 0 Å². The van der Waals surface area contributed by atoms with Crippen molar-refractivity contribution in [2.75, 3.05) is 7.11 Å². The summed E-state index contributed by atoms with van der Waals surface area (Å²) in [5.41, 5.74) is 0.259. The maximum Gasteiger partial charge on any atom is 0.338 e. The predicted octanol–water partition coefficient (Wildman–Crippen LogP) is 3.27. The van der Waals surface area contributed by atoms with E-state index in [2.05, 4.69) is 0 Å². The van der Waals surface area contributed by atoms with E-state index in [9.17, 15) is 4.79 Å². The van der Waals surface area contributed by atoms with Gasteiger partial charge in [0, 0.05) is 0 Å². The van der Waals surface area contributed by atoms with Crippen molar-refractivity contribution in [3.8, 4) is 11.5 Å². The van der Waals surface area contributed by atoms with Crippen LogP contribution in [-0.2, 0) is 19.9 Å². The van der Waals surface area contributed by atoms with Gasteiger partial charge in [0.15, 0.2) is 6.10 Å². The first kappa shape index (κ1) is 13.6. The molecule has 0 radical (unpaired) electrons. The molecular weight excluding hydrogens is 268 g/mol. The lowest BCUT2D eigenvalue weighted by Crippen LogP contribution is -2.17. The quantitative estimate of drug-likeness (QED) is 0.638. The van der Waals surface area contributed by atoms with Crippen LogP contribution in [0.4, 0.5) is 0 Å². The Hall–Kier alpha value is -2.33. The van der Waals surface area contributed by atoms with Gasteiger partial charge in [-0.3, -0.25) is 0 Å². The van der Waals surface area contributed by atoms with E-state index >= 15 is 0 Å². The van der Waals surface area contributed by atoms with Crippen LogP contribution < -0.4 is 4.74 Å². The number of rotatable bonds is 4. The van der Waals surface area contributed by atoms with E-state index < -0.39 is 11.7 Å². The van der Waals surface area contributed by atoms with Gasteiger partial charge in [-0.1, -0.05) is 30.3 Å². The highest BCUT2D eigenvalue weighted by atomic mass is 16.6. The molecule has 1 aliphatic rings. The monoisotopic (exact) mass is 284 g/mol. The maximum atomic E-state index is 11.6. The molecule has 4 heteroatoms. The van der Waals surface area contributed by atoms with E-state index in [1.54, 1.807) is 0 Å². The summed E-state index contributed by atoms with van der Waals surface area (Å²) in [5.74, 6) is 1.12. The Bertz CT molecular complexity index is 653. The summed E-state index contributed by atoms with van der Waals surface area (Å²) in [4.78, 5) is 11.6. The van der Waals surface area contributed by atoms with Crippen molar-refractivity contribution in [3.63, 3.8) is 0 Å². The summed E-state index contributed by atoms with van der Waals surface area (Å²) in [6, 6.07) is 17.1. The summed E-state index contributed by atoms with van der Waals surface area (Å²) in [5, 5.41) is 0. The molecule has 0 N–H and O–H groups in total. The molecule has 2 aromatic carbocycles. The summed E-state index contributed by atoms with van der Waals surface area (Å²) in [6.45, 7) is 1.87. The first-order valence-electron chi connectivity index (χ1n) is 6.72. The Morgan fingerprint density at radius 1 is 1.10 bits per heavy atom.